The molecule has 1 aliphatic rings. The molecule has 0 amide bonds. The predicted octanol–water partition coefficient (Wildman–Crippen LogP) is 4.94. The van der Waals surface area contributed by atoms with Crippen LogP contribution in [0.3, 0.4) is 0 Å². The van der Waals surface area contributed by atoms with E-state index in [9.17, 15) is 0 Å². The van der Waals surface area contributed by atoms with Crippen molar-refractivity contribution in [3.05, 3.63) is 33.9 Å². The normalized spacial score (nSPS) is 20.4. The number of hydrogen-bond donors (Lipinski definition) is 2. The maximum atomic E-state index is 3.81. The minimum Gasteiger partial charge on any atom is -0.357 e. The number of rotatable bonds is 3. The summed E-state index contributed by atoms with van der Waals surface area (Å²) in [7, 11) is 0. The molecule has 1 aromatic carbocycles. The average Bonchev–Trinajstić information content (AvgIpc) is 2.78. The van der Waals surface area contributed by atoms with Gasteiger partial charge in [0, 0.05) is 33.2 Å². The molecule has 2 N–H and O–H groups in total. The summed E-state index contributed by atoms with van der Waals surface area (Å²) in [6.45, 7) is 6.85. The minimum absolute atomic E-state index is 0.474. The summed E-state index contributed by atoms with van der Waals surface area (Å²) in [6.07, 6.45) is 3.70. The number of H-pyrrole nitrogens is 1. The molecule has 0 unspecified atom stereocenters. The van der Waals surface area contributed by atoms with E-state index in [2.05, 4.69) is 65.2 Å². The molecular weight excluding hydrogens is 312 g/mol. The zero-order chi connectivity index (χ0) is 14.3. The Labute approximate surface area is 129 Å². The lowest BCUT2D eigenvalue weighted by Crippen LogP contribution is -2.36. The number of aromatic amines is 1. The van der Waals surface area contributed by atoms with Gasteiger partial charge in [0.25, 0.3) is 0 Å². The lowest BCUT2D eigenvalue weighted by molar-refractivity contribution is 0.347. The van der Waals surface area contributed by atoms with Crippen LogP contribution >= 0.6 is 15.9 Å². The number of hydrogen-bond acceptors (Lipinski definition) is 1. The van der Waals surface area contributed by atoms with E-state index in [1.165, 1.54) is 41.4 Å². The first-order chi connectivity index (χ1) is 9.56. The van der Waals surface area contributed by atoms with Crippen LogP contribution in [0.25, 0.3) is 10.9 Å². The van der Waals surface area contributed by atoms with E-state index in [-0.39, 0.29) is 0 Å². The van der Waals surface area contributed by atoms with Gasteiger partial charge in [0.05, 0.1) is 0 Å². The lowest BCUT2D eigenvalue weighted by Gasteiger charge is -2.29. The first-order valence-corrected chi connectivity index (χ1v) is 8.41. The minimum atomic E-state index is 0.474. The second-order valence-corrected chi connectivity index (χ2v) is 7.27. The van der Waals surface area contributed by atoms with Gasteiger partial charge in [0.2, 0.25) is 0 Å². The van der Waals surface area contributed by atoms with Gasteiger partial charge in [-0.05, 0) is 55.9 Å². The topological polar surface area (TPSA) is 27.8 Å². The van der Waals surface area contributed by atoms with Crippen LogP contribution in [-0.2, 0) is 6.42 Å². The number of aryl methyl sites for hydroxylation is 1. The van der Waals surface area contributed by atoms with Crippen molar-refractivity contribution in [1.29, 1.82) is 0 Å². The fourth-order valence-electron chi connectivity index (χ4n) is 3.11. The average molecular weight is 335 g/mol. The number of halogens is 1. The molecule has 3 rings (SSSR count). The summed E-state index contributed by atoms with van der Waals surface area (Å²) in [6, 6.07) is 7.56. The van der Waals surface area contributed by atoms with Crippen molar-refractivity contribution in [2.45, 2.75) is 52.1 Å². The van der Waals surface area contributed by atoms with Crippen molar-refractivity contribution < 1.29 is 0 Å². The summed E-state index contributed by atoms with van der Waals surface area (Å²) in [5.74, 6) is 0.666. The van der Waals surface area contributed by atoms with Gasteiger partial charge < -0.3 is 10.3 Å². The van der Waals surface area contributed by atoms with Crippen molar-refractivity contribution in [3.8, 4) is 0 Å². The fraction of sp³-hybridized carbons (Fsp3) is 0.529. The Morgan fingerprint density at radius 1 is 1.30 bits per heavy atom. The summed E-state index contributed by atoms with van der Waals surface area (Å²) in [4.78, 5) is 3.65. The van der Waals surface area contributed by atoms with Crippen LogP contribution in [0, 0.1) is 5.92 Å². The molecule has 1 heterocycles. The Morgan fingerprint density at radius 2 is 2.10 bits per heavy atom. The highest BCUT2D eigenvalue weighted by Gasteiger charge is 2.25. The summed E-state index contributed by atoms with van der Waals surface area (Å²) >= 11 is 3.59. The van der Waals surface area contributed by atoms with E-state index in [4.69, 9.17) is 0 Å². The Bertz CT molecular complexity index is 615. The van der Waals surface area contributed by atoms with Gasteiger partial charge in [0.1, 0.15) is 0 Å². The number of benzene rings is 1. The van der Waals surface area contributed by atoms with Gasteiger partial charge in [-0.1, -0.05) is 29.8 Å². The largest absolute Gasteiger partial charge is 0.357 e. The second-order valence-electron chi connectivity index (χ2n) is 6.35. The van der Waals surface area contributed by atoms with Gasteiger partial charge in [0.15, 0.2) is 0 Å². The highest BCUT2D eigenvalue weighted by Crippen LogP contribution is 2.36. The molecule has 2 aromatic rings. The first-order valence-electron chi connectivity index (χ1n) is 7.62. The molecule has 0 saturated carbocycles. The summed E-state index contributed by atoms with van der Waals surface area (Å²) in [5.41, 5.74) is 4.20. The Hall–Kier alpha value is -0.800. The summed E-state index contributed by atoms with van der Waals surface area (Å²) < 4.78 is 1.16. The lowest BCUT2D eigenvalue weighted by atomic mass is 9.90. The van der Waals surface area contributed by atoms with Crippen LogP contribution in [0.4, 0.5) is 0 Å². The maximum absolute atomic E-state index is 3.81. The Morgan fingerprint density at radius 3 is 2.85 bits per heavy atom. The van der Waals surface area contributed by atoms with Crippen molar-refractivity contribution in [2.75, 3.05) is 0 Å². The van der Waals surface area contributed by atoms with Gasteiger partial charge >= 0.3 is 0 Å². The molecule has 1 aromatic heterocycles. The van der Waals surface area contributed by atoms with Gasteiger partial charge in [-0.3, -0.25) is 0 Å². The van der Waals surface area contributed by atoms with Crippen molar-refractivity contribution >= 4 is 26.8 Å². The molecule has 0 fully saturated rings. The monoisotopic (exact) mass is 334 g/mol. The first kappa shape index (κ1) is 14.2. The third-order valence-corrected chi connectivity index (χ3v) is 5.13. The zero-order valence-corrected chi connectivity index (χ0v) is 14.0. The van der Waals surface area contributed by atoms with E-state index >= 15 is 0 Å². The summed E-state index contributed by atoms with van der Waals surface area (Å²) in [5, 5.41) is 5.19. The molecular formula is C17H23BrN2. The third-order valence-electron chi connectivity index (χ3n) is 4.63. The van der Waals surface area contributed by atoms with E-state index in [1.807, 2.05) is 0 Å². The van der Waals surface area contributed by atoms with Crippen LogP contribution in [0.2, 0.25) is 0 Å². The molecule has 108 valence electrons. The number of nitrogens with one attached hydrogen (secondary N) is 2. The van der Waals surface area contributed by atoms with Crippen LogP contribution in [0.1, 0.15) is 50.9 Å². The van der Waals surface area contributed by atoms with Crippen LogP contribution in [0.15, 0.2) is 22.7 Å². The van der Waals surface area contributed by atoms with E-state index in [1.54, 1.807) is 0 Å². The molecule has 3 heteroatoms. The molecule has 0 aliphatic heterocycles. The van der Waals surface area contributed by atoms with Gasteiger partial charge in [-0.15, -0.1) is 0 Å². The highest BCUT2D eigenvalue weighted by molar-refractivity contribution is 9.10. The van der Waals surface area contributed by atoms with E-state index in [0.717, 1.165) is 4.47 Å². The molecule has 2 nitrogen and oxygen atoms in total. The fourth-order valence-corrected chi connectivity index (χ4v) is 3.47. The maximum Gasteiger partial charge on any atom is 0.0478 e. The van der Waals surface area contributed by atoms with E-state index < -0.39 is 0 Å². The van der Waals surface area contributed by atoms with Crippen LogP contribution < -0.4 is 5.32 Å². The molecule has 0 radical (unpaired) electrons. The smallest absolute Gasteiger partial charge is 0.0478 e. The standard InChI is InChI=1S/C17H23BrN2/c1-10(2)11(3)19-16-6-4-5-13-14-9-12(18)7-8-15(14)20-17(13)16/h7-11,16,19-20H,4-6H2,1-3H3/t11-,16-/m1/s1. The molecule has 20 heavy (non-hydrogen) atoms. The zero-order valence-electron chi connectivity index (χ0n) is 12.5. The molecule has 0 saturated heterocycles. The van der Waals surface area contributed by atoms with Crippen LogP contribution in [0.5, 0.6) is 0 Å². The Balaban J connectivity index is 1.98. The number of aromatic nitrogens is 1. The van der Waals surface area contributed by atoms with Crippen molar-refractivity contribution in [1.82, 2.24) is 10.3 Å². The molecule has 2 atom stereocenters. The van der Waals surface area contributed by atoms with Crippen molar-refractivity contribution in [3.63, 3.8) is 0 Å². The number of fused-ring (bicyclic) bond motifs is 3. The van der Waals surface area contributed by atoms with Gasteiger partial charge in [-0.25, -0.2) is 0 Å². The highest BCUT2D eigenvalue weighted by atomic mass is 79.9. The van der Waals surface area contributed by atoms with E-state index in [0.29, 0.717) is 18.0 Å². The quantitative estimate of drug-likeness (QED) is 0.817. The third kappa shape index (κ3) is 2.53. The molecule has 1 aliphatic carbocycles. The predicted molar refractivity (Wildman–Crippen MR) is 89.1 cm³/mol. The van der Waals surface area contributed by atoms with Crippen molar-refractivity contribution in [2.24, 2.45) is 5.92 Å². The second kappa shape index (κ2) is 5.53. The molecule has 0 bridgehead atoms. The Kier molecular flexibility index (Phi) is 3.91. The molecule has 0 spiro atoms. The SMILES string of the molecule is CC(C)[C@@H](C)N[C@@H]1CCCc2c1[nH]c1ccc(Br)cc21. The van der Waals surface area contributed by atoms with Crippen LogP contribution in [-0.4, -0.2) is 11.0 Å². The van der Waals surface area contributed by atoms with Gasteiger partial charge in [-0.2, -0.15) is 0 Å².